The van der Waals surface area contributed by atoms with Crippen LogP contribution in [-0.2, 0) is 12.8 Å². The van der Waals surface area contributed by atoms with E-state index in [9.17, 15) is 17.6 Å². The Balaban J connectivity index is 1.30. The van der Waals surface area contributed by atoms with Gasteiger partial charge in [-0.1, -0.05) is 51.9 Å². The Morgan fingerprint density at radius 3 is 2.33 bits per heavy atom. The van der Waals surface area contributed by atoms with Gasteiger partial charge in [0.15, 0.2) is 17.4 Å². The van der Waals surface area contributed by atoms with E-state index in [1.807, 2.05) is 0 Å². The van der Waals surface area contributed by atoms with Crippen LogP contribution in [0.2, 0.25) is 0 Å². The van der Waals surface area contributed by atoms with Crippen LogP contribution in [-0.4, -0.2) is 6.61 Å². The fourth-order valence-corrected chi connectivity index (χ4v) is 7.20. The molecule has 3 aliphatic rings. The maximum absolute atomic E-state index is 14.7. The molecule has 0 aliphatic heterocycles. The number of hydrogen-bond donors (Lipinski definition) is 0. The smallest absolute Gasteiger partial charge is 0.387 e. The van der Waals surface area contributed by atoms with Crippen molar-refractivity contribution in [3.05, 3.63) is 28.8 Å². The van der Waals surface area contributed by atoms with Gasteiger partial charge in [0.05, 0.1) is 0 Å². The van der Waals surface area contributed by atoms with Crippen molar-refractivity contribution < 1.29 is 22.3 Å². The molecule has 33 heavy (non-hydrogen) atoms. The summed E-state index contributed by atoms with van der Waals surface area (Å²) in [6.45, 7) is -0.961. The van der Waals surface area contributed by atoms with E-state index in [-0.39, 0.29) is 0 Å². The third-order valence-electron chi connectivity index (χ3n) is 8.97. The monoisotopic (exact) mass is 468 g/mol. The second kappa shape index (κ2) is 11.4. The van der Waals surface area contributed by atoms with Crippen molar-refractivity contribution in [2.24, 2.45) is 29.6 Å². The lowest BCUT2D eigenvalue weighted by Crippen LogP contribution is -2.35. The van der Waals surface area contributed by atoms with Gasteiger partial charge in [0.2, 0.25) is 0 Å². The fourth-order valence-electron chi connectivity index (χ4n) is 7.20. The third kappa shape index (κ3) is 6.06. The van der Waals surface area contributed by atoms with Crippen molar-refractivity contribution >= 4 is 0 Å². The molecule has 0 amide bonds. The summed E-state index contributed by atoms with van der Waals surface area (Å²) in [6.07, 6.45) is 18.1. The molecule has 5 heteroatoms. The van der Waals surface area contributed by atoms with E-state index in [1.54, 1.807) is 0 Å². The minimum Gasteiger partial charge on any atom is -0.429 e. The molecule has 0 aromatic heterocycles. The van der Waals surface area contributed by atoms with Gasteiger partial charge in [-0.25, -0.2) is 8.78 Å². The highest BCUT2D eigenvalue weighted by atomic mass is 19.3. The maximum Gasteiger partial charge on any atom is 0.387 e. The van der Waals surface area contributed by atoms with Crippen LogP contribution >= 0.6 is 0 Å². The minimum absolute atomic E-state index is 0.372. The second-order valence-electron chi connectivity index (χ2n) is 11.0. The molecule has 0 bridgehead atoms. The third-order valence-corrected chi connectivity index (χ3v) is 8.97. The summed E-state index contributed by atoms with van der Waals surface area (Å²) >= 11 is 0. The maximum atomic E-state index is 14.7. The van der Waals surface area contributed by atoms with E-state index < -0.39 is 24.0 Å². The van der Waals surface area contributed by atoms with Gasteiger partial charge in [-0.3, -0.25) is 0 Å². The van der Waals surface area contributed by atoms with Crippen molar-refractivity contribution in [1.29, 1.82) is 0 Å². The van der Waals surface area contributed by atoms with E-state index >= 15 is 0 Å². The summed E-state index contributed by atoms with van der Waals surface area (Å²) in [5, 5.41) is 0. The number of unbranched alkanes of at least 4 members (excludes halogenated alkanes) is 4. The van der Waals surface area contributed by atoms with Crippen LogP contribution in [0.5, 0.6) is 5.75 Å². The van der Waals surface area contributed by atoms with Crippen molar-refractivity contribution in [1.82, 2.24) is 0 Å². The minimum atomic E-state index is -3.23. The highest BCUT2D eigenvalue weighted by Gasteiger charge is 2.39. The van der Waals surface area contributed by atoms with Gasteiger partial charge in [0.1, 0.15) is 0 Å². The molecule has 3 aliphatic carbocycles. The van der Waals surface area contributed by atoms with Gasteiger partial charge in [-0.05, 0) is 98.1 Å². The molecule has 0 N–H and O–H groups in total. The SMILES string of the molecule is CCCCCCCC1CCC2CC(C3CCc4c(cc(F)c(OC(F)F)c4F)C3)CCC2C1. The lowest BCUT2D eigenvalue weighted by atomic mass is 9.61. The number of benzene rings is 1. The van der Waals surface area contributed by atoms with Gasteiger partial charge in [0.25, 0.3) is 0 Å². The molecular weight excluding hydrogens is 428 g/mol. The Hall–Kier alpha value is -1.26. The molecule has 186 valence electrons. The predicted molar refractivity (Wildman–Crippen MR) is 124 cm³/mol. The normalized spacial score (nSPS) is 29.6. The summed E-state index contributed by atoms with van der Waals surface area (Å²) in [5.74, 6) is 0.798. The average Bonchev–Trinajstić information content (AvgIpc) is 2.80. The molecule has 5 atom stereocenters. The zero-order chi connectivity index (χ0) is 23.4. The molecule has 1 aromatic rings. The van der Waals surface area contributed by atoms with Crippen molar-refractivity contribution in [3.8, 4) is 5.75 Å². The number of ether oxygens (including phenoxy) is 1. The Kier molecular flexibility index (Phi) is 8.62. The Bertz CT molecular complexity index is 780. The lowest BCUT2D eigenvalue weighted by Gasteiger charge is -2.45. The van der Waals surface area contributed by atoms with Crippen LogP contribution in [0, 0.1) is 41.2 Å². The van der Waals surface area contributed by atoms with Gasteiger partial charge in [-0.2, -0.15) is 8.78 Å². The van der Waals surface area contributed by atoms with Crippen LogP contribution in [0.1, 0.15) is 102 Å². The van der Waals surface area contributed by atoms with E-state index in [4.69, 9.17) is 0 Å². The quantitative estimate of drug-likeness (QED) is 0.260. The summed E-state index contributed by atoms with van der Waals surface area (Å²) in [7, 11) is 0. The molecule has 0 radical (unpaired) electrons. The number of halogens is 4. The molecule has 4 rings (SSSR count). The van der Waals surface area contributed by atoms with Gasteiger partial charge >= 0.3 is 6.61 Å². The molecule has 0 saturated heterocycles. The summed E-state index contributed by atoms with van der Waals surface area (Å²) < 4.78 is 58.1. The molecule has 2 saturated carbocycles. The molecular formula is C28H40F4O. The van der Waals surface area contributed by atoms with Crippen molar-refractivity contribution in [3.63, 3.8) is 0 Å². The van der Waals surface area contributed by atoms with Crippen molar-refractivity contribution in [2.75, 3.05) is 0 Å². The molecule has 5 unspecified atom stereocenters. The van der Waals surface area contributed by atoms with E-state index in [0.717, 1.165) is 24.2 Å². The number of alkyl halides is 2. The van der Waals surface area contributed by atoms with Crippen LogP contribution < -0.4 is 4.74 Å². The second-order valence-corrected chi connectivity index (χ2v) is 11.0. The highest BCUT2D eigenvalue weighted by Crippen LogP contribution is 2.49. The van der Waals surface area contributed by atoms with Crippen LogP contribution in [0.15, 0.2) is 6.07 Å². The first kappa shape index (κ1) is 24.9. The molecule has 0 spiro atoms. The van der Waals surface area contributed by atoms with Crippen LogP contribution in [0.25, 0.3) is 0 Å². The Morgan fingerprint density at radius 2 is 1.58 bits per heavy atom. The Morgan fingerprint density at radius 1 is 0.879 bits per heavy atom. The van der Waals surface area contributed by atoms with Gasteiger partial charge in [-0.15, -0.1) is 0 Å². The number of hydrogen-bond acceptors (Lipinski definition) is 1. The number of fused-ring (bicyclic) bond motifs is 2. The van der Waals surface area contributed by atoms with E-state index in [2.05, 4.69) is 11.7 Å². The van der Waals surface area contributed by atoms with Gasteiger partial charge in [0, 0.05) is 0 Å². The number of rotatable bonds is 9. The zero-order valence-electron chi connectivity index (χ0n) is 20.1. The molecule has 1 aromatic carbocycles. The van der Waals surface area contributed by atoms with Crippen molar-refractivity contribution in [2.45, 2.75) is 110 Å². The van der Waals surface area contributed by atoms with E-state index in [0.29, 0.717) is 35.8 Å². The first-order chi connectivity index (χ1) is 16.0. The topological polar surface area (TPSA) is 9.23 Å². The Labute approximate surface area is 196 Å². The largest absolute Gasteiger partial charge is 0.429 e. The molecule has 2 fully saturated rings. The predicted octanol–water partition coefficient (Wildman–Crippen LogP) is 8.86. The lowest BCUT2D eigenvalue weighted by molar-refractivity contribution is -0.0548. The summed E-state index contributed by atoms with van der Waals surface area (Å²) in [6, 6.07) is 1.24. The summed E-state index contributed by atoms with van der Waals surface area (Å²) in [5.41, 5.74) is 1.02. The summed E-state index contributed by atoms with van der Waals surface area (Å²) in [4.78, 5) is 0. The van der Waals surface area contributed by atoms with Gasteiger partial charge < -0.3 is 4.74 Å². The standard InChI is InChI=1S/C28H40F4O/c1-2-3-4-5-6-7-18-8-9-20-15-21(11-10-19(20)14-18)22-12-13-24-23(16-22)17-25(29)27(26(24)30)33-28(31)32/h17-22,28H,2-16H2,1H3. The zero-order valence-corrected chi connectivity index (χ0v) is 20.1. The first-order valence-electron chi connectivity index (χ1n) is 13.4. The average molecular weight is 469 g/mol. The molecule has 1 nitrogen and oxygen atoms in total. The van der Waals surface area contributed by atoms with Crippen LogP contribution in [0.3, 0.4) is 0 Å². The fraction of sp³-hybridized carbons (Fsp3) is 0.786. The van der Waals surface area contributed by atoms with Crippen LogP contribution in [0.4, 0.5) is 17.6 Å². The molecule has 0 heterocycles. The van der Waals surface area contributed by atoms with E-state index in [1.165, 1.54) is 83.1 Å². The first-order valence-corrected chi connectivity index (χ1v) is 13.4. The highest BCUT2D eigenvalue weighted by molar-refractivity contribution is 5.40.